The molecular weight excluding hydrogens is 220 g/mol. The Morgan fingerprint density at radius 2 is 1.67 bits per heavy atom. The Morgan fingerprint density at radius 1 is 1.17 bits per heavy atom. The second-order valence-corrected chi connectivity index (χ2v) is 2.54. The van der Waals surface area contributed by atoms with Crippen LogP contribution in [0.15, 0.2) is 30.3 Å². The van der Waals surface area contributed by atoms with Crippen molar-refractivity contribution in [2.75, 3.05) is 0 Å². The maximum Gasteiger partial charge on any atom is 0.189 e. The summed E-state index contributed by atoms with van der Waals surface area (Å²) >= 11 is 0. The molecule has 0 aliphatic heterocycles. The summed E-state index contributed by atoms with van der Waals surface area (Å²) in [6.45, 7) is 1.73. The van der Waals surface area contributed by atoms with Gasteiger partial charge in [0.05, 0.1) is 0 Å². The minimum Gasteiger partial charge on any atom is -0.362 e. The van der Waals surface area contributed by atoms with Gasteiger partial charge in [0.1, 0.15) is 0 Å². The first-order valence-electron chi connectivity index (χ1n) is 3.67. The van der Waals surface area contributed by atoms with E-state index < -0.39 is 5.79 Å². The van der Waals surface area contributed by atoms with Crippen LogP contribution < -0.4 is 0 Å². The normalized spacial score (nSPS) is 10.6. The van der Waals surface area contributed by atoms with Crippen molar-refractivity contribution in [2.45, 2.75) is 19.1 Å². The fourth-order valence-electron chi connectivity index (χ4n) is 0.909. The molecule has 1 aromatic rings. The molecule has 3 heteroatoms. The quantitative estimate of drug-likeness (QED) is 0.765. The fourth-order valence-corrected chi connectivity index (χ4v) is 0.909. The van der Waals surface area contributed by atoms with Crippen molar-refractivity contribution in [1.82, 2.24) is 0 Å². The predicted octanol–water partition coefficient (Wildman–Crippen LogP) is 1.81. The van der Waals surface area contributed by atoms with Gasteiger partial charge in [0.15, 0.2) is 5.79 Å². The third kappa shape index (κ3) is 2.59. The first-order chi connectivity index (χ1) is 5.17. The van der Waals surface area contributed by atoms with Gasteiger partial charge < -0.3 is 10.2 Å². The fraction of sp³-hybridized carbons (Fsp3) is 0.333. The zero-order valence-corrected chi connectivity index (χ0v) is 8.61. The Morgan fingerprint density at radius 3 is 2.08 bits per heavy atom. The van der Waals surface area contributed by atoms with Crippen LogP contribution >= 0.6 is 17.0 Å². The predicted molar refractivity (Wildman–Crippen MR) is 53.2 cm³/mol. The van der Waals surface area contributed by atoms with Crippen LogP contribution in [0.3, 0.4) is 0 Å². The van der Waals surface area contributed by atoms with Crippen LogP contribution in [-0.2, 0) is 5.79 Å². The molecule has 0 unspecified atom stereocenters. The highest BCUT2D eigenvalue weighted by molar-refractivity contribution is 8.93. The van der Waals surface area contributed by atoms with E-state index in [9.17, 15) is 10.2 Å². The molecule has 0 fully saturated rings. The summed E-state index contributed by atoms with van der Waals surface area (Å²) in [6, 6.07) is 8.81. The lowest BCUT2D eigenvalue weighted by Crippen LogP contribution is -2.23. The van der Waals surface area contributed by atoms with Crippen LogP contribution in [0.4, 0.5) is 0 Å². The summed E-state index contributed by atoms with van der Waals surface area (Å²) in [7, 11) is 0. The van der Waals surface area contributed by atoms with Crippen molar-refractivity contribution >= 4 is 17.0 Å². The van der Waals surface area contributed by atoms with Gasteiger partial charge in [-0.25, -0.2) is 0 Å². The van der Waals surface area contributed by atoms with Crippen LogP contribution in [0, 0.1) is 0 Å². The van der Waals surface area contributed by atoms with Crippen molar-refractivity contribution in [1.29, 1.82) is 0 Å². The molecule has 2 nitrogen and oxygen atoms in total. The minimum absolute atomic E-state index is 0. The molecule has 0 bridgehead atoms. The molecule has 0 aromatic heterocycles. The van der Waals surface area contributed by atoms with Gasteiger partial charge in [0, 0.05) is 12.0 Å². The molecule has 0 saturated heterocycles. The molecule has 68 valence electrons. The van der Waals surface area contributed by atoms with Crippen LogP contribution in [0.5, 0.6) is 0 Å². The van der Waals surface area contributed by atoms with E-state index in [2.05, 4.69) is 0 Å². The average molecular weight is 233 g/mol. The zero-order chi connectivity index (χ0) is 8.32. The number of hydrogen-bond donors (Lipinski definition) is 2. The average Bonchev–Trinajstić information content (AvgIpc) is 2.06. The second kappa shape index (κ2) is 4.60. The van der Waals surface area contributed by atoms with Gasteiger partial charge in [-0.1, -0.05) is 37.3 Å². The van der Waals surface area contributed by atoms with Gasteiger partial charge >= 0.3 is 0 Å². The molecule has 12 heavy (non-hydrogen) atoms. The molecular formula is C9H13BrO2. The van der Waals surface area contributed by atoms with E-state index in [4.69, 9.17) is 0 Å². The van der Waals surface area contributed by atoms with E-state index >= 15 is 0 Å². The number of rotatable bonds is 2. The molecule has 0 aliphatic rings. The SMILES string of the molecule is Br.CCC(O)(O)c1ccccc1. The Hall–Kier alpha value is -0.380. The maximum atomic E-state index is 9.35. The first-order valence-corrected chi connectivity index (χ1v) is 3.67. The molecule has 1 rings (SSSR count). The van der Waals surface area contributed by atoms with Crippen molar-refractivity contribution in [3.05, 3.63) is 35.9 Å². The van der Waals surface area contributed by atoms with Gasteiger partial charge in [-0.2, -0.15) is 0 Å². The largest absolute Gasteiger partial charge is 0.362 e. The first kappa shape index (κ1) is 11.6. The van der Waals surface area contributed by atoms with E-state index in [0.29, 0.717) is 12.0 Å². The van der Waals surface area contributed by atoms with Crippen LogP contribution in [-0.4, -0.2) is 10.2 Å². The summed E-state index contributed by atoms with van der Waals surface area (Å²) < 4.78 is 0. The summed E-state index contributed by atoms with van der Waals surface area (Å²) in [6.07, 6.45) is 0.303. The van der Waals surface area contributed by atoms with Crippen molar-refractivity contribution in [3.63, 3.8) is 0 Å². The van der Waals surface area contributed by atoms with Gasteiger partial charge in [-0.05, 0) is 0 Å². The maximum absolute atomic E-state index is 9.35. The van der Waals surface area contributed by atoms with Crippen molar-refractivity contribution in [3.8, 4) is 0 Å². The van der Waals surface area contributed by atoms with Crippen LogP contribution in [0.1, 0.15) is 18.9 Å². The van der Waals surface area contributed by atoms with Gasteiger partial charge in [-0.3, -0.25) is 0 Å². The van der Waals surface area contributed by atoms with E-state index in [1.54, 1.807) is 31.2 Å². The number of hydrogen-bond acceptors (Lipinski definition) is 2. The molecule has 0 amide bonds. The van der Waals surface area contributed by atoms with E-state index in [1.165, 1.54) is 0 Å². The molecule has 0 atom stereocenters. The smallest absolute Gasteiger partial charge is 0.189 e. The number of benzene rings is 1. The molecule has 0 aliphatic carbocycles. The van der Waals surface area contributed by atoms with Gasteiger partial charge in [0.25, 0.3) is 0 Å². The van der Waals surface area contributed by atoms with E-state index in [-0.39, 0.29) is 17.0 Å². The summed E-state index contributed by atoms with van der Waals surface area (Å²) in [5, 5.41) is 18.7. The number of halogens is 1. The highest BCUT2D eigenvalue weighted by Crippen LogP contribution is 2.20. The highest BCUT2D eigenvalue weighted by atomic mass is 79.9. The standard InChI is InChI=1S/C9H12O2.BrH/c1-2-9(10,11)8-6-4-3-5-7-8;/h3-7,10-11H,2H2,1H3;1H. The van der Waals surface area contributed by atoms with E-state index in [0.717, 1.165) is 0 Å². The minimum atomic E-state index is -1.67. The molecule has 0 saturated carbocycles. The molecule has 0 radical (unpaired) electrons. The van der Waals surface area contributed by atoms with Crippen LogP contribution in [0.25, 0.3) is 0 Å². The van der Waals surface area contributed by atoms with Crippen molar-refractivity contribution < 1.29 is 10.2 Å². The molecule has 0 spiro atoms. The lowest BCUT2D eigenvalue weighted by Gasteiger charge is -2.19. The Bertz CT molecular complexity index is 221. The Balaban J connectivity index is 0.00000121. The second-order valence-electron chi connectivity index (χ2n) is 2.54. The molecule has 2 N–H and O–H groups in total. The third-order valence-electron chi connectivity index (χ3n) is 1.73. The zero-order valence-electron chi connectivity index (χ0n) is 6.90. The van der Waals surface area contributed by atoms with Crippen LogP contribution in [0.2, 0.25) is 0 Å². The molecule has 1 aromatic carbocycles. The summed E-state index contributed by atoms with van der Waals surface area (Å²) in [4.78, 5) is 0. The highest BCUT2D eigenvalue weighted by Gasteiger charge is 2.21. The lowest BCUT2D eigenvalue weighted by molar-refractivity contribution is -0.171. The number of aliphatic hydroxyl groups is 2. The summed E-state index contributed by atoms with van der Waals surface area (Å²) in [5.41, 5.74) is 0.544. The van der Waals surface area contributed by atoms with E-state index in [1.807, 2.05) is 6.07 Å². The third-order valence-corrected chi connectivity index (χ3v) is 1.73. The summed E-state index contributed by atoms with van der Waals surface area (Å²) in [5.74, 6) is -1.67. The lowest BCUT2D eigenvalue weighted by atomic mass is 10.0. The Labute approximate surface area is 82.6 Å². The Kier molecular flexibility index (Phi) is 4.45. The van der Waals surface area contributed by atoms with Crippen molar-refractivity contribution in [2.24, 2.45) is 0 Å². The monoisotopic (exact) mass is 232 g/mol. The molecule has 0 heterocycles. The van der Waals surface area contributed by atoms with Gasteiger partial charge in [0.2, 0.25) is 0 Å². The topological polar surface area (TPSA) is 40.5 Å². The van der Waals surface area contributed by atoms with Gasteiger partial charge in [-0.15, -0.1) is 17.0 Å².